The van der Waals surface area contributed by atoms with Gasteiger partial charge in [-0.2, -0.15) is 0 Å². The molecule has 0 atom stereocenters. The van der Waals surface area contributed by atoms with Crippen LogP contribution in [0.5, 0.6) is 0 Å². The second-order valence-corrected chi connectivity index (χ2v) is 1.57. The quantitative estimate of drug-likeness (QED) is 0.450. The first kappa shape index (κ1) is 9.20. The fourth-order valence-corrected chi connectivity index (χ4v) is 0.370. The molecule has 0 spiro atoms. The van der Waals surface area contributed by atoms with Gasteiger partial charge in [-0.25, -0.2) is 4.79 Å². The summed E-state index contributed by atoms with van der Waals surface area (Å²) in [5.41, 5.74) is 0. The number of alkyl halides is 1. The highest BCUT2D eigenvalue weighted by atomic mass is 19.1. The number of rotatable bonds is 4. The Labute approximate surface area is 59.1 Å². The number of halogens is 1. The SMILES string of the molecule is CCOC(=O)OCCCF. The van der Waals surface area contributed by atoms with Gasteiger partial charge in [-0.15, -0.1) is 0 Å². The molecule has 0 N–H and O–H groups in total. The van der Waals surface area contributed by atoms with Crippen molar-refractivity contribution >= 4 is 6.16 Å². The maximum absolute atomic E-state index is 11.4. The van der Waals surface area contributed by atoms with E-state index in [0.717, 1.165) is 0 Å². The van der Waals surface area contributed by atoms with Gasteiger partial charge in [0.15, 0.2) is 0 Å². The Morgan fingerprint density at radius 1 is 1.50 bits per heavy atom. The zero-order chi connectivity index (χ0) is 7.82. The minimum Gasteiger partial charge on any atom is -0.435 e. The maximum atomic E-state index is 11.4. The lowest BCUT2D eigenvalue weighted by Gasteiger charge is -2.01. The Morgan fingerprint density at radius 2 is 2.20 bits per heavy atom. The molecule has 0 rings (SSSR count). The lowest BCUT2D eigenvalue weighted by molar-refractivity contribution is 0.0571. The molecule has 0 aliphatic rings. The van der Waals surface area contributed by atoms with Crippen LogP contribution in [0.2, 0.25) is 0 Å². The summed E-state index contributed by atoms with van der Waals surface area (Å²) in [6.07, 6.45) is -0.491. The molecular weight excluding hydrogens is 139 g/mol. The van der Waals surface area contributed by atoms with E-state index in [0.29, 0.717) is 0 Å². The summed E-state index contributed by atoms with van der Waals surface area (Å²) in [6.45, 7) is 1.58. The summed E-state index contributed by atoms with van der Waals surface area (Å²) in [7, 11) is 0. The molecule has 0 fully saturated rings. The van der Waals surface area contributed by atoms with E-state index in [1.807, 2.05) is 0 Å². The van der Waals surface area contributed by atoms with E-state index in [9.17, 15) is 9.18 Å². The minimum absolute atomic E-state index is 0.0926. The summed E-state index contributed by atoms with van der Waals surface area (Å²) < 4.78 is 20.2. The standard InChI is InChI=1S/C6H11FO3/c1-2-9-6(8)10-5-3-4-7/h2-5H2,1H3. The van der Waals surface area contributed by atoms with Gasteiger partial charge in [0, 0.05) is 6.42 Å². The molecule has 4 heteroatoms. The van der Waals surface area contributed by atoms with E-state index in [1.54, 1.807) is 6.92 Å². The van der Waals surface area contributed by atoms with Gasteiger partial charge in [0.25, 0.3) is 0 Å². The van der Waals surface area contributed by atoms with Crippen LogP contribution in [0.1, 0.15) is 13.3 Å². The highest BCUT2D eigenvalue weighted by Gasteiger charge is 1.99. The average molecular weight is 150 g/mol. The van der Waals surface area contributed by atoms with Crippen LogP contribution in [0.3, 0.4) is 0 Å². The smallest absolute Gasteiger partial charge is 0.435 e. The Hall–Kier alpha value is -0.800. The van der Waals surface area contributed by atoms with Crippen molar-refractivity contribution in [3.05, 3.63) is 0 Å². The van der Waals surface area contributed by atoms with Crippen molar-refractivity contribution in [3.8, 4) is 0 Å². The third kappa shape index (κ3) is 5.34. The first-order valence-electron chi connectivity index (χ1n) is 3.16. The van der Waals surface area contributed by atoms with E-state index in [-0.39, 0.29) is 19.6 Å². The number of ether oxygens (including phenoxy) is 2. The molecule has 10 heavy (non-hydrogen) atoms. The molecule has 0 aromatic rings. The molecule has 0 amide bonds. The van der Waals surface area contributed by atoms with Crippen LogP contribution in [-0.2, 0) is 9.47 Å². The topological polar surface area (TPSA) is 35.5 Å². The van der Waals surface area contributed by atoms with Crippen LogP contribution in [0.4, 0.5) is 9.18 Å². The molecule has 3 nitrogen and oxygen atoms in total. The van der Waals surface area contributed by atoms with E-state index in [1.165, 1.54) is 0 Å². The third-order valence-corrected chi connectivity index (χ3v) is 0.760. The molecule has 0 radical (unpaired) electrons. The van der Waals surface area contributed by atoms with Crippen molar-refractivity contribution in [2.75, 3.05) is 19.9 Å². The van der Waals surface area contributed by atoms with E-state index in [4.69, 9.17) is 0 Å². The van der Waals surface area contributed by atoms with Crippen molar-refractivity contribution < 1.29 is 18.7 Å². The van der Waals surface area contributed by atoms with Crippen molar-refractivity contribution in [1.29, 1.82) is 0 Å². The third-order valence-electron chi connectivity index (χ3n) is 0.760. The first-order chi connectivity index (χ1) is 4.81. The minimum atomic E-state index is -0.726. The number of carbonyl (C=O) groups excluding carboxylic acids is 1. The Kier molecular flexibility index (Phi) is 5.82. The Bertz CT molecular complexity index is 95.0. The summed E-state index contributed by atoms with van der Waals surface area (Å²) in [5.74, 6) is 0. The van der Waals surface area contributed by atoms with Gasteiger partial charge in [-0.05, 0) is 6.92 Å². The van der Waals surface area contributed by atoms with Crippen molar-refractivity contribution in [2.24, 2.45) is 0 Å². The predicted octanol–water partition coefficient (Wildman–Crippen LogP) is 1.52. The molecule has 0 saturated carbocycles. The summed E-state index contributed by atoms with van der Waals surface area (Å²) in [4.78, 5) is 10.4. The normalized spacial score (nSPS) is 9.00. The molecule has 0 saturated heterocycles. The number of carbonyl (C=O) groups is 1. The molecule has 0 aromatic carbocycles. The summed E-state index contributed by atoms with van der Waals surface area (Å²) >= 11 is 0. The average Bonchev–Trinajstić information content (AvgIpc) is 1.89. The predicted molar refractivity (Wildman–Crippen MR) is 33.6 cm³/mol. The molecular formula is C6H11FO3. The van der Waals surface area contributed by atoms with Gasteiger partial charge < -0.3 is 9.47 Å². The van der Waals surface area contributed by atoms with Gasteiger partial charge in [0.1, 0.15) is 0 Å². The van der Waals surface area contributed by atoms with Crippen LogP contribution in [0, 0.1) is 0 Å². The maximum Gasteiger partial charge on any atom is 0.508 e. The van der Waals surface area contributed by atoms with Crippen LogP contribution >= 0.6 is 0 Å². The monoisotopic (exact) mass is 150 g/mol. The van der Waals surface area contributed by atoms with Gasteiger partial charge >= 0.3 is 6.16 Å². The molecule has 0 heterocycles. The molecule has 0 aromatic heterocycles. The zero-order valence-electron chi connectivity index (χ0n) is 5.93. The van der Waals surface area contributed by atoms with Gasteiger partial charge in [0.2, 0.25) is 0 Å². The Morgan fingerprint density at radius 3 is 2.70 bits per heavy atom. The second-order valence-electron chi connectivity index (χ2n) is 1.57. The highest BCUT2D eigenvalue weighted by molar-refractivity contribution is 5.59. The van der Waals surface area contributed by atoms with E-state index >= 15 is 0 Å². The lowest BCUT2D eigenvalue weighted by Crippen LogP contribution is -2.08. The van der Waals surface area contributed by atoms with Gasteiger partial charge in [-0.1, -0.05) is 0 Å². The van der Waals surface area contributed by atoms with E-state index < -0.39 is 12.8 Å². The van der Waals surface area contributed by atoms with Crippen LogP contribution in [0.15, 0.2) is 0 Å². The summed E-state index contributed by atoms with van der Waals surface area (Å²) in [5, 5.41) is 0. The largest absolute Gasteiger partial charge is 0.508 e. The molecule has 0 unspecified atom stereocenters. The van der Waals surface area contributed by atoms with Gasteiger partial charge in [0.05, 0.1) is 19.9 Å². The van der Waals surface area contributed by atoms with Crippen LogP contribution in [0.25, 0.3) is 0 Å². The summed E-state index contributed by atoms with van der Waals surface area (Å²) in [6, 6.07) is 0. The van der Waals surface area contributed by atoms with Crippen molar-refractivity contribution in [1.82, 2.24) is 0 Å². The molecule has 0 bridgehead atoms. The highest BCUT2D eigenvalue weighted by Crippen LogP contribution is 1.87. The number of hydrogen-bond donors (Lipinski definition) is 0. The molecule has 0 aliphatic carbocycles. The second kappa shape index (κ2) is 6.32. The number of hydrogen-bond acceptors (Lipinski definition) is 3. The molecule has 60 valence electrons. The first-order valence-corrected chi connectivity index (χ1v) is 3.16. The lowest BCUT2D eigenvalue weighted by atomic mass is 10.5. The van der Waals surface area contributed by atoms with Crippen LogP contribution < -0.4 is 0 Å². The Balaban J connectivity index is 3.05. The fourth-order valence-electron chi connectivity index (χ4n) is 0.370. The van der Waals surface area contributed by atoms with Crippen molar-refractivity contribution in [3.63, 3.8) is 0 Å². The van der Waals surface area contributed by atoms with Crippen LogP contribution in [-0.4, -0.2) is 26.0 Å². The molecule has 0 aliphatic heterocycles. The van der Waals surface area contributed by atoms with E-state index in [2.05, 4.69) is 9.47 Å². The van der Waals surface area contributed by atoms with Crippen molar-refractivity contribution in [2.45, 2.75) is 13.3 Å². The fraction of sp³-hybridized carbons (Fsp3) is 0.833. The zero-order valence-corrected chi connectivity index (χ0v) is 5.93. The van der Waals surface area contributed by atoms with Gasteiger partial charge in [-0.3, -0.25) is 4.39 Å².